The Morgan fingerprint density at radius 1 is 1.06 bits per heavy atom. The Balaban J connectivity index is 2.13. The molecule has 1 aromatic heterocycles. The van der Waals surface area contributed by atoms with Crippen LogP contribution < -0.4 is 0 Å². The number of hydrogen-bond donors (Lipinski definition) is 1. The van der Waals surface area contributed by atoms with Crippen LogP contribution >= 0.6 is 11.3 Å². The summed E-state index contributed by atoms with van der Waals surface area (Å²) in [4.78, 5) is 4.19. The molecule has 0 unspecified atom stereocenters. The summed E-state index contributed by atoms with van der Waals surface area (Å²) in [5.41, 5.74) is 0.836. The van der Waals surface area contributed by atoms with Gasteiger partial charge < -0.3 is 5.11 Å². The minimum Gasteiger partial charge on any atom is -0.507 e. The summed E-state index contributed by atoms with van der Waals surface area (Å²) in [6, 6.07) is 11.7. The van der Waals surface area contributed by atoms with E-state index in [1.54, 1.807) is 23.6 Å². The third-order valence-corrected chi connectivity index (χ3v) is 3.53. The SMILES string of the molecule is Oc1ccc2ccccc2c1/C=C/c1nccs1. The molecular weight excluding hydrogens is 242 g/mol. The lowest BCUT2D eigenvalue weighted by Gasteiger charge is -2.04. The lowest BCUT2D eigenvalue weighted by atomic mass is 10.0. The second kappa shape index (κ2) is 4.63. The van der Waals surface area contributed by atoms with E-state index in [2.05, 4.69) is 4.98 Å². The number of fused-ring (bicyclic) bond motifs is 1. The summed E-state index contributed by atoms with van der Waals surface area (Å²) in [6.45, 7) is 0. The highest BCUT2D eigenvalue weighted by atomic mass is 32.1. The molecule has 0 aliphatic rings. The standard InChI is InChI=1S/C15H11NOS/c17-14-7-5-11-3-1-2-4-12(11)13(14)6-8-15-16-9-10-18-15/h1-10,17H/b8-6+. The number of hydrogen-bond acceptors (Lipinski definition) is 3. The molecule has 1 heterocycles. The first kappa shape index (κ1) is 11.0. The molecule has 1 N–H and O–H groups in total. The fourth-order valence-corrected chi connectivity index (χ4v) is 2.46. The monoisotopic (exact) mass is 253 g/mol. The van der Waals surface area contributed by atoms with Crippen molar-refractivity contribution < 1.29 is 5.11 Å². The van der Waals surface area contributed by atoms with Gasteiger partial charge in [0.1, 0.15) is 10.8 Å². The average molecular weight is 253 g/mol. The predicted octanol–water partition coefficient (Wildman–Crippen LogP) is 4.17. The zero-order chi connectivity index (χ0) is 12.4. The number of phenols is 1. The van der Waals surface area contributed by atoms with Crippen molar-refractivity contribution in [3.8, 4) is 5.75 Å². The van der Waals surface area contributed by atoms with Crippen molar-refractivity contribution >= 4 is 34.3 Å². The van der Waals surface area contributed by atoms with Crippen molar-refractivity contribution in [1.82, 2.24) is 4.98 Å². The summed E-state index contributed by atoms with van der Waals surface area (Å²) in [5.74, 6) is 0.293. The maximum absolute atomic E-state index is 9.97. The van der Waals surface area contributed by atoms with E-state index in [1.807, 2.05) is 47.9 Å². The highest BCUT2D eigenvalue weighted by Gasteiger charge is 2.03. The van der Waals surface area contributed by atoms with Gasteiger partial charge in [-0.2, -0.15) is 0 Å². The molecule has 0 saturated carbocycles. The van der Waals surface area contributed by atoms with Crippen LogP contribution in [0, 0.1) is 0 Å². The second-order valence-electron chi connectivity index (χ2n) is 3.92. The van der Waals surface area contributed by atoms with Crippen LogP contribution in [-0.2, 0) is 0 Å². The summed E-state index contributed by atoms with van der Waals surface area (Å²) in [6.07, 6.45) is 5.61. The number of thiazole rings is 1. The Morgan fingerprint density at radius 2 is 1.94 bits per heavy atom. The lowest BCUT2D eigenvalue weighted by molar-refractivity contribution is 0.475. The van der Waals surface area contributed by atoms with E-state index in [4.69, 9.17) is 0 Å². The second-order valence-corrected chi connectivity index (χ2v) is 4.85. The van der Waals surface area contributed by atoms with Gasteiger partial charge in [0.15, 0.2) is 0 Å². The van der Waals surface area contributed by atoms with Gasteiger partial charge in [-0.1, -0.05) is 30.3 Å². The molecule has 0 atom stereocenters. The largest absolute Gasteiger partial charge is 0.507 e. The van der Waals surface area contributed by atoms with Crippen molar-refractivity contribution in [2.75, 3.05) is 0 Å². The normalized spacial score (nSPS) is 11.3. The number of phenolic OH excluding ortho intramolecular Hbond substituents is 1. The molecule has 3 heteroatoms. The van der Waals surface area contributed by atoms with E-state index >= 15 is 0 Å². The van der Waals surface area contributed by atoms with Crippen LogP contribution in [0.15, 0.2) is 48.0 Å². The van der Waals surface area contributed by atoms with E-state index in [-0.39, 0.29) is 0 Å². The number of benzene rings is 2. The molecule has 0 radical (unpaired) electrons. The minimum atomic E-state index is 0.293. The summed E-state index contributed by atoms with van der Waals surface area (Å²) >= 11 is 1.57. The minimum absolute atomic E-state index is 0.293. The topological polar surface area (TPSA) is 33.1 Å². The van der Waals surface area contributed by atoms with Crippen LogP contribution in [0.2, 0.25) is 0 Å². The molecule has 3 rings (SSSR count). The van der Waals surface area contributed by atoms with Gasteiger partial charge >= 0.3 is 0 Å². The predicted molar refractivity (Wildman–Crippen MR) is 76.7 cm³/mol. The molecule has 2 nitrogen and oxygen atoms in total. The Morgan fingerprint density at radius 3 is 2.78 bits per heavy atom. The number of aromatic nitrogens is 1. The molecule has 0 fully saturated rings. The van der Waals surface area contributed by atoms with E-state index in [0.717, 1.165) is 21.3 Å². The molecule has 2 aromatic carbocycles. The van der Waals surface area contributed by atoms with Crippen molar-refractivity contribution in [2.45, 2.75) is 0 Å². The van der Waals surface area contributed by atoms with Gasteiger partial charge in [-0.3, -0.25) is 0 Å². The highest BCUT2D eigenvalue weighted by Crippen LogP contribution is 2.28. The Labute approximate surface area is 109 Å². The van der Waals surface area contributed by atoms with Crippen LogP contribution in [0.5, 0.6) is 5.75 Å². The van der Waals surface area contributed by atoms with Crippen molar-refractivity contribution in [1.29, 1.82) is 0 Å². The van der Waals surface area contributed by atoms with Crippen molar-refractivity contribution in [3.63, 3.8) is 0 Å². The quantitative estimate of drug-likeness (QED) is 0.743. The van der Waals surface area contributed by atoms with Crippen molar-refractivity contribution in [2.24, 2.45) is 0 Å². The van der Waals surface area contributed by atoms with Crippen LogP contribution in [-0.4, -0.2) is 10.1 Å². The summed E-state index contributed by atoms with van der Waals surface area (Å²) in [7, 11) is 0. The van der Waals surface area contributed by atoms with Crippen LogP contribution in [0.4, 0.5) is 0 Å². The maximum atomic E-state index is 9.97. The molecule has 88 valence electrons. The molecule has 0 aliphatic heterocycles. The average Bonchev–Trinajstić information content (AvgIpc) is 2.91. The van der Waals surface area contributed by atoms with Gasteiger partial charge in [-0.25, -0.2) is 4.98 Å². The first-order chi connectivity index (χ1) is 8.84. The molecule has 3 aromatic rings. The maximum Gasteiger partial charge on any atom is 0.123 e. The third kappa shape index (κ3) is 2.00. The smallest absolute Gasteiger partial charge is 0.123 e. The molecule has 0 amide bonds. The van der Waals surface area contributed by atoms with Gasteiger partial charge in [0.25, 0.3) is 0 Å². The van der Waals surface area contributed by atoms with Gasteiger partial charge in [0.2, 0.25) is 0 Å². The zero-order valence-electron chi connectivity index (χ0n) is 9.58. The fraction of sp³-hybridized carbons (Fsp3) is 0. The van der Waals surface area contributed by atoms with Crippen LogP contribution in [0.25, 0.3) is 22.9 Å². The van der Waals surface area contributed by atoms with Gasteiger partial charge in [0.05, 0.1) is 0 Å². The van der Waals surface area contributed by atoms with Gasteiger partial charge in [-0.15, -0.1) is 11.3 Å². The Kier molecular flexibility index (Phi) is 2.82. The van der Waals surface area contributed by atoms with Crippen LogP contribution in [0.3, 0.4) is 0 Å². The number of rotatable bonds is 2. The van der Waals surface area contributed by atoms with E-state index in [0.29, 0.717) is 5.75 Å². The Bertz CT molecular complexity index is 702. The van der Waals surface area contributed by atoms with E-state index in [9.17, 15) is 5.11 Å². The molecular formula is C15H11NOS. The van der Waals surface area contributed by atoms with E-state index < -0.39 is 0 Å². The lowest BCUT2D eigenvalue weighted by Crippen LogP contribution is -1.79. The fourth-order valence-electron chi connectivity index (χ4n) is 1.93. The number of nitrogens with zero attached hydrogens (tertiary/aromatic N) is 1. The first-order valence-corrected chi connectivity index (χ1v) is 6.51. The molecule has 0 saturated heterocycles. The first-order valence-electron chi connectivity index (χ1n) is 5.63. The highest BCUT2D eigenvalue weighted by molar-refractivity contribution is 7.10. The van der Waals surface area contributed by atoms with Gasteiger partial charge in [0, 0.05) is 17.1 Å². The van der Waals surface area contributed by atoms with Gasteiger partial charge in [-0.05, 0) is 29.0 Å². The summed E-state index contributed by atoms with van der Waals surface area (Å²) < 4.78 is 0. The number of aromatic hydroxyl groups is 1. The molecule has 0 aliphatic carbocycles. The molecule has 0 spiro atoms. The van der Waals surface area contributed by atoms with Crippen molar-refractivity contribution in [3.05, 3.63) is 58.5 Å². The van der Waals surface area contributed by atoms with E-state index in [1.165, 1.54) is 0 Å². The summed E-state index contributed by atoms with van der Waals surface area (Å²) in [5, 5.41) is 15.0. The molecule has 0 bridgehead atoms. The van der Waals surface area contributed by atoms with Crippen LogP contribution in [0.1, 0.15) is 10.6 Å². The molecule has 18 heavy (non-hydrogen) atoms. The zero-order valence-corrected chi connectivity index (χ0v) is 10.4. The Hall–Kier alpha value is -2.13. The third-order valence-electron chi connectivity index (χ3n) is 2.79.